The van der Waals surface area contributed by atoms with Gasteiger partial charge in [0.25, 0.3) is 5.91 Å². The van der Waals surface area contributed by atoms with Gasteiger partial charge in [0.15, 0.2) is 0 Å². The lowest BCUT2D eigenvalue weighted by Gasteiger charge is -2.09. The summed E-state index contributed by atoms with van der Waals surface area (Å²) in [5.41, 5.74) is 3.76. The largest absolute Gasteiger partial charge is 0.395 e. The van der Waals surface area contributed by atoms with Gasteiger partial charge in [0.05, 0.1) is 17.0 Å². The zero-order chi connectivity index (χ0) is 19.5. The molecule has 0 spiro atoms. The molecule has 8 heteroatoms. The first-order valence-corrected chi connectivity index (χ1v) is 9.81. The van der Waals surface area contributed by atoms with Gasteiger partial charge in [-0.2, -0.15) is 0 Å². The molecule has 1 aliphatic rings. The number of hydrogen-bond donors (Lipinski definition) is 3. The Labute approximate surface area is 171 Å². The van der Waals surface area contributed by atoms with Crippen molar-refractivity contribution in [3.63, 3.8) is 0 Å². The molecule has 0 bridgehead atoms. The van der Waals surface area contributed by atoms with Gasteiger partial charge in [-0.1, -0.05) is 48.2 Å². The van der Waals surface area contributed by atoms with Crippen LogP contribution in [0.3, 0.4) is 0 Å². The van der Waals surface area contributed by atoms with E-state index in [1.165, 1.54) is 18.1 Å². The fourth-order valence-electron chi connectivity index (χ4n) is 2.93. The molecule has 1 amide bonds. The van der Waals surface area contributed by atoms with Crippen molar-refractivity contribution in [2.45, 2.75) is 0 Å². The van der Waals surface area contributed by atoms with E-state index in [1.54, 1.807) is 0 Å². The fraction of sp³-hybridized carbons (Fsp3) is 0.100. The topological polar surface area (TPSA) is 87.1 Å². The summed E-state index contributed by atoms with van der Waals surface area (Å²) in [5, 5.41) is 15.7. The first-order valence-electron chi connectivity index (χ1n) is 8.59. The maximum Gasteiger partial charge on any atom is 0.263 e. The third-order valence-corrected chi connectivity index (χ3v) is 5.36. The number of nitrogens with zero attached hydrogens (tertiary/aromatic N) is 2. The Morgan fingerprint density at radius 1 is 1.18 bits per heavy atom. The summed E-state index contributed by atoms with van der Waals surface area (Å²) in [6.07, 6.45) is 3.34. The van der Waals surface area contributed by atoms with E-state index in [0.29, 0.717) is 21.6 Å². The monoisotopic (exact) mass is 408 g/mol. The van der Waals surface area contributed by atoms with Crippen molar-refractivity contribution in [2.24, 2.45) is 0 Å². The number of rotatable bonds is 5. The number of nitrogens with one attached hydrogen (secondary N) is 2. The highest BCUT2D eigenvalue weighted by atomic mass is 32.2. The number of benzene rings is 2. The molecular weight excluding hydrogens is 392 g/mol. The second-order valence-corrected chi connectivity index (χ2v) is 7.80. The second-order valence-electron chi connectivity index (χ2n) is 6.08. The summed E-state index contributed by atoms with van der Waals surface area (Å²) in [5.74, 6) is 0.523. The number of carbonyl (C=O) groups is 1. The number of thioether (sulfide) groups is 1. The highest BCUT2D eigenvalue weighted by molar-refractivity contribution is 8.26. The summed E-state index contributed by atoms with van der Waals surface area (Å²) in [6, 6.07) is 13.9. The van der Waals surface area contributed by atoms with E-state index in [9.17, 15) is 4.79 Å². The average Bonchev–Trinajstić information content (AvgIpc) is 3.02. The number of aliphatic hydroxyl groups excluding tert-OH is 1. The van der Waals surface area contributed by atoms with Gasteiger partial charge in [0.2, 0.25) is 0 Å². The summed E-state index contributed by atoms with van der Waals surface area (Å²) in [4.78, 5) is 21.1. The van der Waals surface area contributed by atoms with Gasteiger partial charge in [-0.05, 0) is 41.0 Å². The van der Waals surface area contributed by atoms with Crippen LogP contribution in [0.2, 0.25) is 0 Å². The van der Waals surface area contributed by atoms with Gasteiger partial charge in [-0.25, -0.2) is 9.97 Å². The van der Waals surface area contributed by atoms with Crippen LogP contribution in [0.5, 0.6) is 0 Å². The van der Waals surface area contributed by atoms with Crippen LogP contribution in [-0.4, -0.2) is 38.5 Å². The lowest BCUT2D eigenvalue weighted by atomic mass is 10.0. The molecule has 3 N–H and O–H groups in total. The van der Waals surface area contributed by atoms with Crippen LogP contribution >= 0.6 is 24.0 Å². The maximum absolute atomic E-state index is 11.9. The molecule has 1 fully saturated rings. The Bertz CT molecular complexity index is 1110. The minimum absolute atomic E-state index is 0.0247. The van der Waals surface area contributed by atoms with Gasteiger partial charge in [-0.3, -0.25) is 4.79 Å². The standard InChI is InChI=1S/C20H16N4O2S2/c25-7-6-21-18-15-10-14(4-5-16(15)22-11-23-18)13-3-1-2-12(8-13)9-17-19(26)24-20(27)28-17/h1-5,8-11,25H,6-7H2,(H,21,22,23)(H,24,26,27). The summed E-state index contributed by atoms with van der Waals surface area (Å²) < 4.78 is 0.477. The van der Waals surface area contributed by atoms with Gasteiger partial charge >= 0.3 is 0 Å². The Balaban J connectivity index is 1.71. The summed E-state index contributed by atoms with van der Waals surface area (Å²) in [7, 11) is 0. The molecule has 2 aromatic carbocycles. The van der Waals surface area contributed by atoms with Crippen molar-refractivity contribution in [1.82, 2.24) is 15.3 Å². The lowest BCUT2D eigenvalue weighted by Crippen LogP contribution is -2.17. The minimum Gasteiger partial charge on any atom is -0.395 e. The van der Waals surface area contributed by atoms with E-state index in [-0.39, 0.29) is 12.5 Å². The molecule has 0 unspecified atom stereocenters. The van der Waals surface area contributed by atoms with Crippen LogP contribution < -0.4 is 10.6 Å². The van der Waals surface area contributed by atoms with Crippen LogP contribution in [0, 0.1) is 0 Å². The van der Waals surface area contributed by atoms with Crippen LogP contribution in [-0.2, 0) is 4.79 Å². The molecule has 4 rings (SSSR count). The highest BCUT2D eigenvalue weighted by Gasteiger charge is 2.21. The molecule has 140 valence electrons. The third-order valence-electron chi connectivity index (χ3n) is 4.20. The van der Waals surface area contributed by atoms with Gasteiger partial charge in [-0.15, -0.1) is 0 Å². The molecule has 1 aromatic heterocycles. The van der Waals surface area contributed by atoms with Crippen molar-refractivity contribution in [1.29, 1.82) is 0 Å². The number of aliphatic hydroxyl groups is 1. The van der Waals surface area contributed by atoms with E-state index < -0.39 is 0 Å². The van der Waals surface area contributed by atoms with Crippen molar-refractivity contribution in [3.8, 4) is 11.1 Å². The van der Waals surface area contributed by atoms with Crippen LogP contribution in [0.4, 0.5) is 5.82 Å². The third kappa shape index (κ3) is 3.89. The molecule has 2 heterocycles. The van der Waals surface area contributed by atoms with Crippen LogP contribution in [0.1, 0.15) is 5.56 Å². The molecule has 0 aliphatic carbocycles. The number of hydrogen-bond acceptors (Lipinski definition) is 7. The average molecular weight is 409 g/mol. The molecule has 6 nitrogen and oxygen atoms in total. The predicted molar refractivity (Wildman–Crippen MR) is 117 cm³/mol. The molecule has 0 radical (unpaired) electrons. The number of anilines is 1. The minimum atomic E-state index is -0.164. The molecule has 0 atom stereocenters. The van der Waals surface area contributed by atoms with E-state index in [0.717, 1.165) is 27.6 Å². The number of thiocarbonyl (C=S) groups is 1. The fourth-order valence-corrected chi connectivity index (χ4v) is 3.98. The lowest BCUT2D eigenvalue weighted by molar-refractivity contribution is -0.115. The van der Waals surface area contributed by atoms with Gasteiger partial charge < -0.3 is 15.7 Å². The summed E-state index contributed by atoms with van der Waals surface area (Å²) in [6.45, 7) is 0.442. The van der Waals surface area contributed by atoms with Crippen molar-refractivity contribution >= 4 is 57.0 Å². The molecule has 28 heavy (non-hydrogen) atoms. The number of aromatic nitrogens is 2. The quantitative estimate of drug-likeness (QED) is 0.441. The highest BCUT2D eigenvalue weighted by Crippen LogP contribution is 2.30. The Morgan fingerprint density at radius 2 is 2.04 bits per heavy atom. The van der Waals surface area contributed by atoms with E-state index >= 15 is 0 Å². The second kappa shape index (κ2) is 8.05. The molecule has 1 aliphatic heterocycles. The van der Waals surface area contributed by atoms with Gasteiger partial charge in [0, 0.05) is 11.9 Å². The van der Waals surface area contributed by atoms with E-state index in [4.69, 9.17) is 17.3 Å². The Hall–Kier alpha value is -2.81. The predicted octanol–water partition coefficient (Wildman–Crippen LogP) is 3.19. The smallest absolute Gasteiger partial charge is 0.263 e. The normalized spacial score (nSPS) is 15.2. The van der Waals surface area contributed by atoms with Crippen LogP contribution in [0.15, 0.2) is 53.7 Å². The maximum atomic E-state index is 11.9. The molecule has 1 saturated heterocycles. The number of carbonyl (C=O) groups excluding carboxylic acids is 1. The molecular formula is C20H16N4O2S2. The first-order chi connectivity index (χ1) is 13.6. The van der Waals surface area contributed by atoms with Crippen molar-refractivity contribution < 1.29 is 9.90 Å². The Morgan fingerprint density at radius 3 is 2.82 bits per heavy atom. The van der Waals surface area contributed by atoms with Crippen LogP contribution in [0.25, 0.3) is 28.1 Å². The van der Waals surface area contributed by atoms with E-state index in [1.807, 2.05) is 48.5 Å². The van der Waals surface area contributed by atoms with Crippen molar-refractivity contribution in [3.05, 3.63) is 59.3 Å². The zero-order valence-corrected chi connectivity index (χ0v) is 16.3. The molecule has 0 saturated carbocycles. The van der Waals surface area contributed by atoms with Gasteiger partial charge in [0.1, 0.15) is 16.5 Å². The molecule has 3 aromatic rings. The zero-order valence-electron chi connectivity index (χ0n) is 14.7. The SMILES string of the molecule is O=C1NC(=S)SC1=Cc1cccc(-c2ccc3ncnc(NCCO)c3c2)c1. The van der Waals surface area contributed by atoms with Crippen molar-refractivity contribution in [2.75, 3.05) is 18.5 Å². The Kier molecular flexibility index (Phi) is 5.34. The van der Waals surface area contributed by atoms with E-state index in [2.05, 4.69) is 20.6 Å². The number of fused-ring (bicyclic) bond motifs is 1. The first kappa shape index (κ1) is 18.5. The number of amides is 1. The summed E-state index contributed by atoms with van der Waals surface area (Å²) >= 11 is 6.30.